The third kappa shape index (κ3) is 7.41. The molecule has 1 N–H and O–H groups in total. The average Bonchev–Trinajstić information content (AvgIpc) is 3.45. The maximum atomic E-state index is 11.8. The van der Waals surface area contributed by atoms with Gasteiger partial charge in [0.05, 0.1) is 18.0 Å². The van der Waals surface area contributed by atoms with Crippen LogP contribution in [0.1, 0.15) is 117 Å². The number of rotatable bonds is 14. The van der Waals surface area contributed by atoms with Crippen molar-refractivity contribution in [3.8, 4) is 0 Å². The summed E-state index contributed by atoms with van der Waals surface area (Å²) >= 11 is 0. The summed E-state index contributed by atoms with van der Waals surface area (Å²) in [6.45, 7) is 8.29. The Morgan fingerprint density at radius 2 is 1.69 bits per heavy atom. The second-order valence-corrected chi connectivity index (χ2v) is 12.8. The first-order valence-corrected chi connectivity index (χ1v) is 14.3. The van der Waals surface area contributed by atoms with Gasteiger partial charge in [0.2, 0.25) is 0 Å². The fourth-order valence-corrected chi connectivity index (χ4v) is 5.91. The number of carboxylic acid groups (broad SMARTS) is 1. The molecule has 1 fully saturated rings. The summed E-state index contributed by atoms with van der Waals surface area (Å²) in [6, 6.07) is 0. The lowest BCUT2D eigenvalue weighted by Crippen LogP contribution is -2.26. The van der Waals surface area contributed by atoms with Crippen LogP contribution in [0.4, 0.5) is 0 Å². The summed E-state index contributed by atoms with van der Waals surface area (Å²) in [5.41, 5.74) is 6.16. The van der Waals surface area contributed by atoms with E-state index in [2.05, 4.69) is 26.8 Å². The molecule has 0 aromatic heterocycles. The van der Waals surface area contributed by atoms with Gasteiger partial charge in [0.1, 0.15) is 0 Å². The molecular weight excluding hydrogens is 434 g/mol. The molecule has 1 unspecified atom stereocenters. The van der Waals surface area contributed by atoms with Gasteiger partial charge in [-0.3, -0.25) is 4.99 Å². The van der Waals surface area contributed by atoms with Crippen molar-refractivity contribution in [2.45, 2.75) is 117 Å². The van der Waals surface area contributed by atoms with Crippen LogP contribution >= 0.6 is 0 Å². The summed E-state index contributed by atoms with van der Waals surface area (Å²) in [7, 11) is 0. The topological polar surface area (TPSA) is 58.9 Å². The summed E-state index contributed by atoms with van der Waals surface area (Å²) in [4.78, 5) is 16.8. The average molecular weight is 482 g/mol. The molecule has 0 aromatic carbocycles. The maximum absolute atomic E-state index is 11.8. The molecule has 4 aliphatic rings. The zero-order chi connectivity index (χ0) is 24.9. The Balaban J connectivity index is 1.13. The summed E-state index contributed by atoms with van der Waals surface area (Å²) in [5, 5.41) is 9.71. The van der Waals surface area contributed by atoms with E-state index in [0.717, 1.165) is 37.3 Å². The van der Waals surface area contributed by atoms with Crippen LogP contribution < -0.4 is 0 Å². The van der Waals surface area contributed by atoms with Crippen molar-refractivity contribution in [1.82, 2.24) is 0 Å². The Labute approximate surface area is 213 Å². The van der Waals surface area contributed by atoms with Crippen LogP contribution in [0.3, 0.4) is 0 Å². The third-order valence-electron chi connectivity index (χ3n) is 8.37. The van der Waals surface area contributed by atoms with Crippen molar-refractivity contribution in [2.24, 2.45) is 21.7 Å². The molecule has 1 spiro atoms. The smallest absolute Gasteiger partial charge is 0.331 e. The number of fused-ring (bicyclic) bond motifs is 2. The molecule has 1 aliphatic heterocycles. The van der Waals surface area contributed by atoms with Crippen molar-refractivity contribution in [3.63, 3.8) is 0 Å². The highest BCUT2D eigenvalue weighted by Gasteiger charge is 2.47. The normalized spacial score (nSPS) is 22.5. The van der Waals surface area contributed by atoms with E-state index in [1.54, 1.807) is 0 Å². The van der Waals surface area contributed by atoms with Crippen LogP contribution in [-0.4, -0.2) is 30.0 Å². The molecule has 0 bridgehead atoms. The molecule has 1 saturated carbocycles. The highest BCUT2D eigenvalue weighted by Crippen LogP contribution is 2.59. The van der Waals surface area contributed by atoms with Gasteiger partial charge in [-0.2, -0.15) is 0 Å². The van der Waals surface area contributed by atoms with Gasteiger partial charge in [-0.05, 0) is 60.5 Å². The lowest BCUT2D eigenvalue weighted by Gasteiger charge is -2.25. The fourth-order valence-electron chi connectivity index (χ4n) is 5.91. The van der Waals surface area contributed by atoms with E-state index in [1.807, 2.05) is 6.08 Å². The van der Waals surface area contributed by atoms with Crippen molar-refractivity contribution in [2.75, 3.05) is 13.2 Å². The largest absolute Gasteiger partial charge is 0.478 e. The first-order valence-electron chi connectivity index (χ1n) is 14.3. The maximum Gasteiger partial charge on any atom is 0.331 e. The number of carboxylic acids is 1. The van der Waals surface area contributed by atoms with Crippen LogP contribution in [0, 0.1) is 16.7 Å². The number of nitrogens with zero attached hydrogens (tertiary/aromatic N) is 1. The van der Waals surface area contributed by atoms with E-state index in [9.17, 15) is 9.90 Å². The van der Waals surface area contributed by atoms with Gasteiger partial charge in [-0.1, -0.05) is 84.3 Å². The molecule has 35 heavy (non-hydrogen) atoms. The van der Waals surface area contributed by atoms with Gasteiger partial charge in [-0.25, -0.2) is 4.79 Å². The summed E-state index contributed by atoms with van der Waals surface area (Å²) in [6.07, 6.45) is 22.7. The first kappa shape index (κ1) is 26.4. The molecule has 0 amide bonds. The standard InChI is InChI=1S/C31H47NO3/c1-30(2,3)14-11-9-7-5-4-6-8-10-12-18-35-22-24-19-23(29(33)34)20-25-26-21-31(16-17-31)15-13-27(26)32-28(24)25/h13,19,24H,4-12,14-18,20-22H2,1-3H3,(H,33,34). The van der Waals surface area contributed by atoms with Gasteiger partial charge < -0.3 is 9.84 Å². The highest BCUT2D eigenvalue weighted by atomic mass is 16.5. The number of hydrogen-bond donors (Lipinski definition) is 1. The van der Waals surface area contributed by atoms with Crippen LogP contribution in [0.15, 0.2) is 39.6 Å². The zero-order valence-electron chi connectivity index (χ0n) is 22.5. The van der Waals surface area contributed by atoms with E-state index in [0.29, 0.717) is 29.4 Å². The lowest BCUT2D eigenvalue weighted by molar-refractivity contribution is -0.132. The van der Waals surface area contributed by atoms with E-state index in [4.69, 9.17) is 9.73 Å². The van der Waals surface area contributed by atoms with E-state index >= 15 is 0 Å². The molecule has 0 radical (unpaired) electrons. The zero-order valence-corrected chi connectivity index (χ0v) is 22.5. The minimum Gasteiger partial charge on any atom is -0.478 e. The second kappa shape index (κ2) is 11.6. The van der Waals surface area contributed by atoms with Crippen molar-refractivity contribution in [1.29, 1.82) is 0 Å². The Morgan fingerprint density at radius 3 is 2.31 bits per heavy atom. The van der Waals surface area contributed by atoms with Gasteiger partial charge in [0, 0.05) is 24.5 Å². The number of hydrogen-bond acceptors (Lipinski definition) is 3. The molecule has 3 aliphatic carbocycles. The second-order valence-electron chi connectivity index (χ2n) is 12.8. The Kier molecular flexibility index (Phi) is 8.73. The van der Waals surface area contributed by atoms with Crippen molar-refractivity contribution < 1.29 is 14.6 Å². The number of ether oxygens (including phenoxy) is 1. The van der Waals surface area contributed by atoms with E-state index in [-0.39, 0.29) is 5.92 Å². The minimum absolute atomic E-state index is 0.0303. The van der Waals surface area contributed by atoms with Crippen LogP contribution in [-0.2, 0) is 9.53 Å². The van der Waals surface area contributed by atoms with E-state index < -0.39 is 5.97 Å². The van der Waals surface area contributed by atoms with Crippen molar-refractivity contribution in [3.05, 3.63) is 34.6 Å². The molecule has 0 saturated heterocycles. The van der Waals surface area contributed by atoms with Crippen LogP contribution in [0.2, 0.25) is 0 Å². The first-order chi connectivity index (χ1) is 16.8. The summed E-state index contributed by atoms with van der Waals surface area (Å²) < 4.78 is 6.06. The van der Waals surface area contributed by atoms with Crippen LogP contribution in [0.5, 0.6) is 0 Å². The van der Waals surface area contributed by atoms with Gasteiger partial charge in [0.15, 0.2) is 0 Å². The minimum atomic E-state index is -0.800. The monoisotopic (exact) mass is 481 g/mol. The molecular formula is C31H47NO3. The van der Waals surface area contributed by atoms with Crippen molar-refractivity contribution >= 4 is 11.7 Å². The third-order valence-corrected chi connectivity index (χ3v) is 8.37. The lowest BCUT2D eigenvalue weighted by atomic mass is 9.79. The molecule has 4 nitrogen and oxygen atoms in total. The summed E-state index contributed by atoms with van der Waals surface area (Å²) in [5.74, 6) is -0.831. The van der Waals surface area contributed by atoms with Gasteiger partial charge in [0.25, 0.3) is 0 Å². The highest BCUT2D eigenvalue weighted by molar-refractivity contribution is 6.11. The molecule has 4 heteroatoms. The SMILES string of the molecule is CC(C)(C)CCCCCCCCCCCOCC1C=C(C(=O)O)CC2=C3CC4(CC=C3N=C21)CC4. The number of allylic oxidation sites excluding steroid dienone is 3. The molecule has 1 atom stereocenters. The Bertz CT molecular complexity index is 895. The Hall–Kier alpha value is -1.68. The molecule has 194 valence electrons. The van der Waals surface area contributed by atoms with Gasteiger partial charge >= 0.3 is 5.97 Å². The predicted octanol–water partition coefficient (Wildman–Crippen LogP) is 8.19. The number of carbonyl (C=O) groups is 1. The number of unbranched alkanes of at least 4 members (excludes halogenated alkanes) is 8. The molecule has 0 aromatic rings. The quantitative estimate of drug-likeness (QED) is 0.254. The van der Waals surface area contributed by atoms with Crippen LogP contribution in [0.25, 0.3) is 0 Å². The molecule has 4 rings (SSSR count). The Morgan fingerprint density at radius 1 is 1.03 bits per heavy atom. The fraction of sp³-hybridized carbons (Fsp3) is 0.742. The van der Waals surface area contributed by atoms with Gasteiger partial charge in [-0.15, -0.1) is 0 Å². The number of aliphatic carboxylic acids is 1. The predicted molar refractivity (Wildman–Crippen MR) is 144 cm³/mol. The molecule has 1 heterocycles. The van der Waals surface area contributed by atoms with E-state index in [1.165, 1.54) is 81.8 Å². The number of aliphatic imine (C=N–C) groups is 1.